The van der Waals surface area contributed by atoms with Crippen molar-refractivity contribution in [1.29, 1.82) is 0 Å². The van der Waals surface area contributed by atoms with Gasteiger partial charge in [-0.15, -0.1) is 0 Å². The minimum atomic E-state index is -1.23. The van der Waals surface area contributed by atoms with Gasteiger partial charge in [-0.3, -0.25) is 9.59 Å². The molecule has 0 aliphatic carbocycles. The first-order valence-electron chi connectivity index (χ1n) is 3.80. The molecule has 0 heterocycles. The van der Waals surface area contributed by atoms with E-state index in [1.165, 1.54) is 6.92 Å². The van der Waals surface area contributed by atoms with Crippen LogP contribution in [-0.2, 0) is 9.59 Å². The SMILES string of the molecule is CC(C(=O)O)C(NCCO)C(=O)O. The molecule has 2 unspecified atom stereocenters. The second kappa shape index (κ2) is 5.50. The number of carboxylic acids is 2. The van der Waals surface area contributed by atoms with Crippen LogP contribution >= 0.6 is 0 Å². The van der Waals surface area contributed by atoms with Crippen LogP contribution in [0.5, 0.6) is 0 Å². The van der Waals surface area contributed by atoms with E-state index in [1.54, 1.807) is 0 Å². The van der Waals surface area contributed by atoms with Gasteiger partial charge >= 0.3 is 11.9 Å². The quantitative estimate of drug-likeness (QED) is 0.417. The highest BCUT2D eigenvalue weighted by atomic mass is 16.4. The van der Waals surface area contributed by atoms with E-state index in [1.807, 2.05) is 0 Å². The zero-order valence-electron chi connectivity index (χ0n) is 7.23. The van der Waals surface area contributed by atoms with Gasteiger partial charge in [0.05, 0.1) is 12.5 Å². The van der Waals surface area contributed by atoms with E-state index in [2.05, 4.69) is 5.32 Å². The maximum atomic E-state index is 10.5. The lowest BCUT2D eigenvalue weighted by Gasteiger charge is -2.17. The summed E-state index contributed by atoms with van der Waals surface area (Å²) in [4.78, 5) is 21.0. The lowest BCUT2D eigenvalue weighted by molar-refractivity contribution is -0.150. The highest BCUT2D eigenvalue weighted by Gasteiger charge is 2.28. The number of aliphatic hydroxyl groups excluding tert-OH is 1. The monoisotopic (exact) mass is 191 g/mol. The molecule has 0 bridgehead atoms. The largest absolute Gasteiger partial charge is 0.481 e. The van der Waals surface area contributed by atoms with E-state index in [4.69, 9.17) is 15.3 Å². The molecule has 0 saturated heterocycles. The molecule has 6 heteroatoms. The van der Waals surface area contributed by atoms with Gasteiger partial charge in [0.25, 0.3) is 0 Å². The third-order valence-electron chi connectivity index (χ3n) is 1.63. The number of hydrogen-bond acceptors (Lipinski definition) is 4. The molecule has 0 spiro atoms. The first-order chi connectivity index (χ1) is 6.00. The van der Waals surface area contributed by atoms with Gasteiger partial charge in [-0.2, -0.15) is 0 Å². The van der Waals surface area contributed by atoms with Crippen LogP contribution in [0.4, 0.5) is 0 Å². The third kappa shape index (κ3) is 3.86. The Morgan fingerprint density at radius 2 is 1.85 bits per heavy atom. The molecule has 4 N–H and O–H groups in total. The van der Waals surface area contributed by atoms with Gasteiger partial charge in [-0.25, -0.2) is 0 Å². The predicted octanol–water partition coefficient (Wildman–Crippen LogP) is -1.26. The van der Waals surface area contributed by atoms with Gasteiger partial charge in [0, 0.05) is 6.54 Å². The minimum absolute atomic E-state index is 0.0641. The Bertz CT molecular complexity index is 193. The van der Waals surface area contributed by atoms with Gasteiger partial charge < -0.3 is 20.6 Å². The number of carboxylic acid groups (broad SMARTS) is 2. The van der Waals surface area contributed by atoms with Crippen molar-refractivity contribution in [2.45, 2.75) is 13.0 Å². The molecule has 0 radical (unpaired) electrons. The highest BCUT2D eigenvalue weighted by molar-refractivity contribution is 5.82. The lowest BCUT2D eigenvalue weighted by atomic mass is 10.0. The molecule has 76 valence electrons. The highest BCUT2D eigenvalue weighted by Crippen LogP contribution is 2.03. The summed E-state index contributed by atoms with van der Waals surface area (Å²) in [6.07, 6.45) is 0. The van der Waals surface area contributed by atoms with Crippen LogP contribution in [0.1, 0.15) is 6.92 Å². The summed E-state index contributed by atoms with van der Waals surface area (Å²) in [5.74, 6) is -3.44. The summed E-state index contributed by atoms with van der Waals surface area (Å²) in [5.41, 5.74) is 0. The van der Waals surface area contributed by atoms with Crippen LogP contribution in [0.25, 0.3) is 0 Å². The third-order valence-corrected chi connectivity index (χ3v) is 1.63. The Morgan fingerprint density at radius 3 is 2.15 bits per heavy atom. The van der Waals surface area contributed by atoms with Gasteiger partial charge in [-0.1, -0.05) is 0 Å². The van der Waals surface area contributed by atoms with Crippen molar-refractivity contribution in [3.05, 3.63) is 0 Å². The molecular weight excluding hydrogens is 178 g/mol. The topological polar surface area (TPSA) is 107 Å². The zero-order chi connectivity index (χ0) is 10.4. The lowest BCUT2D eigenvalue weighted by Crippen LogP contribution is -2.45. The Morgan fingerprint density at radius 1 is 1.31 bits per heavy atom. The molecule has 0 aromatic heterocycles. The Kier molecular flexibility index (Phi) is 5.01. The molecule has 0 aliphatic rings. The van der Waals surface area contributed by atoms with Crippen LogP contribution in [0, 0.1) is 5.92 Å². The van der Waals surface area contributed by atoms with Gasteiger partial charge in [0.15, 0.2) is 0 Å². The number of aliphatic hydroxyl groups is 1. The predicted molar refractivity (Wildman–Crippen MR) is 43.3 cm³/mol. The van der Waals surface area contributed by atoms with E-state index in [0.717, 1.165) is 0 Å². The van der Waals surface area contributed by atoms with Crippen LogP contribution in [0.15, 0.2) is 0 Å². The van der Waals surface area contributed by atoms with E-state index in [-0.39, 0.29) is 13.2 Å². The smallest absolute Gasteiger partial charge is 0.321 e. The van der Waals surface area contributed by atoms with Gasteiger partial charge in [0.1, 0.15) is 6.04 Å². The summed E-state index contributed by atoms with van der Waals surface area (Å²) in [7, 11) is 0. The number of rotatable bonds is 6. The molecule has 0 aliphatic heterocycles. The summed E-state index contributed by atoms with van der Waals surface area (Å²) in [5, 5.41) is 28.0. The maximum absolute atomic E-state index is 10.5. The number of aliphatic carboxylic acids is 2. The van der Waals surface area contributed by atoms with Crippen LogP contribution in [0.3, 0.4) is 0 Å². The molecule has 0 saturated carbocycles. The molecule has 0 fully saturated rings. The fraction of sp³-hybridized carbons (Fsp3) is 0.714. The molecule has 6 nitrogen and oxygen atoms in total. The van der Waals surface area contributed by atoms with Crippen LogP contribution in [-0.4, -0.2) is 46.5 Å². The van der Waals surface area contributed by atoms with E-state index >= 15 is 0 Å². The van der Waals surface area contributed by atoms with Crippen LogP contribution in [0.2, 0.25) is 0 Å². The molecule has 0 amide bonds. The standard InChI is InChI=1S/C7H13NO5/c1-4(6(10)11)5(7(12)13)8-2-3-9/h4-5,8-9H,2-3H2,1H3,(H,10,11)(H,12,13). The second-order valence-corrected chi connectivity index (χ2v) is 2.62. The van der Waals surface area contributed by atoms with Crippen molar-refractivity contribution in [2.24, 2.45) is 5.92 Å². The Balaban J connectivity index is 4.24. The summed E-state index contributed by atoms with van der Waals surface area (Å²) < 4.78 is 0. The number of nitrogens with one attached hydrogen (secondary N) is 1. The molecule has 2 atom stereocenters. The van der Waals surface area contributed by atoms with Gasteiger partial charge in [0.2, 0.25) is 0 Å². The molecule has 0 aromatic rings. The van der Waals surface area contributed by atoms with Crippen molar-refractivity contribution >= 4 is 11.9 Å². The van der Waals surface area contributed by atoms with Gasteiger partial charge in [-0.05, 0) is 6.92 Å². The summed E-state index contributed by atoms with van der Waals surface area (Å²) >= 11 is 0. The fourth-order valence-corrected chi connectivity index (χ4v) is 0.841. The zero-order valence-corrected chi connectivity index (χ0v) is 7.23. The minimum Gasteiger partial charge on any atom is -0.481 e. The average Bonchev–Trinajstić information content (AvgIpc) is 2.04. The Hall–Kier alpha value is -1.14. The van der Waals surface area contributed by atoms with E-state index in [0.29, 0.717) is 0 Å². The van der Waals surface area contributed by atoms with Crippen molar-refractivity contribution in [1.82, 2.24) is 5.32 Å². The maximum Gasteiger partial charge on any atom is 0.321 e. The van der Waals surface area contributed by atoms with Crippen molar-refractivity contribution in [3.63, 3.8) is 0 Å². The molecule has 13 heavy (non-hydrogen) atoms. The van der Waals surface area contributed by atoms with E-state index in [9.17, 15) is 9.59 Å². The number of carbonyl (C=O) groups is 2. The average molecular weight is 191 g/mol. The number of hydrogen-bond donors (Lipinski definition) is 4. The van der Waals surface area contributed by atoms with Crippen LogP contribution < -0.4 is 5.32 Å². The fourth-order valence-electron chi connectivity index (χ4n) is 0.841. The molecular formula is C7H13NO5. The van der Waals surface area contributed by atoms with Crippen molar-refractivity contribution in [3.8, 4) is 0 Å². The van der Waals surface area contributed by atoms with Crippen molar-refractivity contribution in [2.75, 3.05) is 13.2 Å². The molecule has 0 rings (SSSR count). The summed E-state index contributed by atoms with van der Waals surface area (Å²) in [6.45, 7) is 1.14. The molecule has 0 aromatic carbocycles. The van der Waals surface area contributed by atoms with E-state index < -0.39 is 23.9 Å². The summed E-state index contributed by atoms with van der Waals surface area (Å²) in [6, 6.07) is -1.16. The second-order valence-electron chi connectivity index (χ2n) is 2.62. The first-order valence-corrected chi connectivity index (χ1v) is 3.80. The first kappa shape index (κ1) is 11.9. The normalized spacial score (nSPS) is 14.9. The Labute approximate surface area is 75.2 Å². The van der Waals surface area contributed by atoms with Crippen molar-refractivity contribution < 1.29 is 24.9 Å².